The Bertz CT molecular complexity index is 989. The number of hydrogen-bond acceptors (Lipinski definition) is 7. The van der Waals surface area contributed by atoms with E-state index in [1.807, 2.05) is 6.92 Å². The SMILES string of the molecule is Cc1ccnc(-c2ccc(Nc3ccc([N+](=O)[O-])cc3[N+](=O)[O-])cc2)n1. The maximum atomic E-state index is 11.2. The molecule has 0 radical (unpaired) electrons. The second-order valence-electron chi connectivity index (χ2n) is 5.44. The van der Waals surface area contributed by atoms with Crippen molar-refractivity contribution in [1.82, 2.24) is 9.97 Å². The molecular formula is C17H13N5O4. The lowest BCUT2D eigenvalue weighted by Crippen LogP contribution is -1.99. The number of nitrogens with one attached hydrogen (secondary N) is 1. The number of aromatic nitrogens is 2. The molecule has 0 spiro atoms. The fraction of sp³-hybridized carbons (Fsp3) is 0.0588. The Labute approximate surface area is 147 Å². The second-order valence-corrected chi connectivity index (χ2v) is 5.44. The van der Waals surface area contributed by atoms with Crippen LogP contribution >= 0.6 is 0 Å². The Balaban J connectivity index is 1.87. The zero-order valence-corrected chi connectivity index (χ0v) is 13.6. The molecule has 9 nitrogen and oxygen atoms in total. The third kappa shape index (κ3) is 3.61. The molecule has 130 valence electrons. The number of nitrogens with zero attached hydrogens (tertiary/aromatic N) is 4. The van der Waals surface area contributed by atoms with Crippen molar-refractivity contribution in [2.45, 2.75) is 6.92 Å². The third-order valence-electron chi connectivity index (χ3n) is 3.61. The number of nitro benzene ring substituents is 2. The first-order chi connectivity index (χ1) is 12.4. The highest BCUT2D eigenvalue weighted by atomic mass is 16.6. The van der Waals surface area contributed by atoms with Crippen LogP contribution in [0.4, 0.5) is 22.7 Å². The van der Waals surface area contributed by atoms with E-state index in [4.69, 9.17) is 0 Å². The molecular weight excluding hydrogens is 338 g/mol. The van der Waals surface area contributed by atoms with Gasteiger partial charge in [0.1, 0.15) is 5.69 Å². The molecule has 0 aliphatic heterocycles. The first-order valence-corrected chi connectivity index (χ1v) is 7.54. The predicted molar refractivity (Wildman–Crippen MR) is 95.2 cm³/mol. The summed E-state index contributed by atoms with van der Waals surface area (Å²) in [7, 11) is 0. The van der Waals surface area contributed by atoms with Gasteiger partial charge in [-0.3, -0.25) is 20.2 Å². The lowest BCUT2D eigenvalue weighted by molar-refractivity contribution is -0.393. The molecule has 2 aromatic carbocycles. The van der Waals surface area contributed by atoms with Crippen molar-refractivity contribution < 1.29 is 9.85 Å². The molecule has 0 saturated heterocycles. The molecule has 9 heteroatoms. The quantitative estimate of drug-likeness (QED) is 0.544. The van der Waals surface area contributed by atoms with Crippen LogP contribution in [0.3, 0.4) is 0 Å². The molecule has 1 heterocycles. The Kier molecular flexibility index (Phi) is 4.52. The molecule has 0 bridgehead atoms. The van der Waals surface area contributed by atoms with Gasteiger partial charge < -0.3 is 5.32 Å². The molecule has 0 aliphatic carbocycles. The van der Waals surface area contributed by atoms with Gasteiger partial charge in [0.15, 0.2) is 5.82 Å². The Hall–Kier alpha value is -3.88. The van der Waals surface area contributed by atoms with Crippen molar-refractivity contribution in [2.24, 2.45) is 0 Å². The van der Waals surface area contributed by atoms with E-state index < -0.39 is 9.85 Å². The predicted octanol–water partition coefficient (Wildman–Crippen LogP) is 4.01. The van der Waals surface area contributed by atoms with Crippen molar-refractivity contribution in [3.63, 3.8) is 0 Å². The monoisotopic (exact) mass is 351 g/mol. The molecule has 0 atom stereocenters. The number of aryl methyl sites for hydroxylation is 1. The molecule has 0 saturated carbocycles. The number of anilines is 2. The molecule has 3 aromatic rings. The number of benzene rings is 2. The van der Waals surface area contributed by atoms with Crippen molar-refractivity contribution in [3.8, 4) is 11.4 Å². The summed E-state index contributed by atoms with van der Waals surface area (Å²) in [6.07, 6.45) is 1.67. The Morgan fingerprint density at radius 1 is 0.962 bits per heavy atom. The minimum atomic E-state index is -0.673. The minimum absolute atomic E-state index is 0.167. The van der Waals surface area contributed by atoms with Crippen molar-refractivity contribution >= 4 is 22.7 Å². The first kappa shape index (κ1) is 17.0. The van der Waals surface area contributed by atoms with Crippen LogP contribution in [-0.4, -0.2) is 19.8 Å². The minimum Gasteiger partial charge on any atom is -0.350 e. The molecule has 0 amide bonds. The van der Waals surface area contributed by atoms with Crippen molar-refractivity contribution in [3.05, 3.63) is 80.7 Å². The average molecular weight is 351 g/mol. The van der Waals surface area contributed by atoms with E-state index in [0.717, 1.165) is 17.3 Å². The summed E-state index contributed by atoms with van der Waals surface area (Å²) in [4.78, 5) is 29.2. The summed E-state index contributed by atoms with van der Waals surface area (Å²) >= 11 is 0. The van der Waals surface area contributed by atoms with Crippen LogP contribution in [0.15, 0.2) is 54.7 Å². The summed E-state index contributed by atoms with van der Waals surface area (Å²) in [5.74, 6) is 0.581. The molecule has 0 aliphatic rings. The normalized spacial score (nSPS) is 10.3. The highest BCUT2D eigenvalue weighted by Gasteiger charge is 2.19. The molecule has 1 N–H and O–H groups in total. The zero-order chi connectivity index (χ0) is 18.7. The number of nitro groups is 2. The highest BCUT2D eigenvalue weighted by Crippen LogP contribution is 2.31. The van der Waals surface area contributed by atoms with Gasteiger partial charge in [-0.25, -0.2) is 9.97 Å². The maximum Gasteiger partial charge on any atom is 0.299 e. The van der Waals surface area contributed by atoms with Crippen LogP contribution < -0.4 is 5.32 Å². The van der Waals surface area contributed by atoms with Crippen LogP contribution in [0.5, 0.6) is 0 Å². The van der Waals surface area contributed by atoms with Gasteiger partial charge in [-0.2, -0.15) is 0 Å². The summed E-state index contributed by atoms with van der Waals surface area (Å²) < 4.78 is 0. The molecule has 0 fully saturated rings. The van der Waals surface area contributed by atoms with E-state index >= 15 is 0 Å². The maximum absolute atomic E-state index is 11.2. The first-order valence-electron chi connectivity index (χ1n) is 7.54. The van der Waals surface area contributed by atoms with Gasteiger partial charge in [-0.05, 0) is 43.3 Å². The largest absolute Gasteiger partial charge is 0.350 e. The second kappa shape index (κ2) is 6.93. The van der Waals surface area contributed by atoms with Gasteiger partial charge in [0.25, 0.3) is 11.4 Å². The molecule has 3 rings (SSSR count). The number of non-ortho nitro benzene ring substituents is 1. The standard InChI is InChI=1S/C17H13N5O4/c1-11-8-9-18-17(19-11)12-2-4-13(5-3-12)20-15-7-6-14(21(23)24)10-16(15)22(25)26/h2-10,20H,1H3. The lowest BCUT2D eigenvalue weighted by atomic mass is 10.1. The Morgan fingerprint density at radius 3 is 2.31 bits per heavy atom. The van der Waals surface area contributed by atoms with Crippen LogP contribution in [0.25, 0.3) is 11.4 Å². The van der Waals surface area contributed by atoms with Crippen molar-refractivity contribution in [2.75, 3.05) is 5.32 Å². The number of hydrogen-bond donors (Lipinski definition) is 1. The van der Waals surface area contributed by atoms with Crippen LogP contribution in [0.2, 0.25) is 0 Å². The topological polar surface area (TPSA) is 124 Å². The third-order valence-corrected chi connectivity index (χ3v) is 3.61. The smallest absolute Gasteiger partial charge is 0.299 e. The molecule has 26 heavy (non-hydrogen) atoms. The summed E-state index contributed by atoms with van der Waals surface area (Å²) in [6.45, 7) is 1.87. The van der Waals surface area contributed by atoms with E-state index in [-0.39, 0.29) is 17.1 Å². The van der Waals surface area contributed by atoms with Crippen LogP contribution in [0, 0.1) is 27.2 Å². The van der Waals surface area contributed by atoms with E-state index in [2.05, 4.69) is 15.3 Å². The molecule has 0 unspecified atom stereocenters. The summed E-state index contributed by atoms with van der Waals surface area (Å²) in [5, 5.41) is 24.9. The van der Waals surface area contributed by atoms with E-state index in [9.17, 15) is 20.2 Å². The zero-order valence-electron chi connectivity index (χ0n) is 13.6. The van der Waals surface area contributed by atoms with Gasteiger partial charge in [-0.15, -0.1) is 0 Å². The van der Waals surface area contributed by atoms with Gasteiger partial charge in [-0.1, -0.05) is 0 Å². The fourth-order valence-corrected chi connectivity index (χ4v) is 2.34. The summed E-state index contributed by atoms with van der Waals surface area (Å²) in [5.41, 5.74) is 1.70. The van der Waals surface area contributed by atoms with Gasteiger partial charge in [0.2, 0.25) is 0 Å². The van der Waals surface area contributed by atoms with Crippen molar-refractivity contribution in [1.29, 1.82) is 0 Å². The summed E-state index contributed by atoms with van der Waals surface area (Å²) in [6, 6.07) is 12.3. The fourth-order valence-electron chi connectivity index (χ4n) is 2.34. The van der Waals surface area contributed by atoms with Gasteiger partial charge in [0, 0.05) is 29.2 Å². The van der Waals surface area contributed by atoms with Gasteiger partial charge in [0.05, 0.1) is 15.9 Å². The van der Waals surface area contributed by atoms with E-state index in [0.29, 0.717) is 11.5 Å². The number of rotatable bonds is 5. The van der Waals surface area contributed by atoms with Crippen LogP contribution in [-0.2, 0) is 0 Å². The average Bonchev–Trinajstić information content (AvgIpc) is 2.62. The van der Waals surface area contributed by atoms with E-state index in [1.165, 1.54) is 12.1 Å². The van der Waals surface area contributed by atoms with E-state index in [1.54, 1.807) is 36.5 Å². The van der Waals surface area contributed by atoms with Gasteiger partial charge >= 0.3 is 0 Å². The van der Waals surface area contributed by atoms with Crippen LogP contribution in [0.1, 0.15) is 5.69 Å². The lowest BCUT2D eigenvalue weighted by Gasteiger charge is -2.08. The highest BCUT2D eigenvalue weighted by molar-refractivity contribution is 5.72. The molecule has 1 aromatic heterocycles. The Morgan fingerprint density at radius 2 is 1.69 bits per heavy atom.